The van der Waals surface area contributed by atoms with E-state index in [0.717, 1.165) is 12.8 Å². The van der Waals surface area contributed by atoms with Gasteiger partial charge in [0.25, 0.3) is 0 Å². The number of hydrogen-bond donors (Lipinski definition) is 1. The maximum absolute atomic E-state index is 12.1. The zero-order valence-electron chi connectivity index (χ0n) is 10.9. The van der Waals surface area contributed by atoms with Gasteiger partial charge in [0.1, 0.15) is 6.04 Å². The molecule has 2 aliphatic heterocycles. The molecule has 0 spiro atoms. The quantitative estimate of drug-likeness (QED) is 0.805. The maximum Gasteiger partial charge on any atom is 0.320 e. The standard InChI is InChI=1S/C12H20N2O4.ClH/c15-11(13-5-7-18-8-6-13)9-14-4-2-1-3-10(14)12(16)17;/h10H,1-9H2,(H,16,17);1H. The van der Waals surface area contributed by atoms with E-state index in [0.29, 0.717) is 39.3 Å². The molecule has 0 saturated carbocycles. The molecule has 0 aromatic rings. The highest BCUT2D eigenvalue weighted by atomic mass is 35.5. The van der Waals surface area contributed by atoms with Crippen molar-refractivity contribution in [3.05, 3.63) is 0 Å². The van der Waals surface area contributed by atoms with Crippen LogP contribution < -0.4 is 0 Å². The van der Waals surface area contributed by atoms with E-state index in [2.05, 4.69) is 0 Å². The van der Waals surface area contributed by atoms with Crippen LogP contribution in [0.2, 0.25) is 0 Å². The third kappa shape index (κ3) is 4.33. The Balaban J connectivity index is 0.00000180. The lowest BCUT2D eigenvalue weighted by atomic mass is 10.0. The summed E-state index contributed by atoms with van der Waals surface area (Å²) in [5, 5.41) is 9.15. The third-order valence-corrected chi connectivity index (χ3v) is 3.60. The number of carbonyl (C=O) groups is 2. The number of carboxylic acids is 1. The molecule has 19 heavy (non-hydrogen) atoms. The highest BCUT2D eigenvalue weighted by Crippen LogP contribution is 2.17. The highest BCUT2D eigenvalue weighted by Gasteiger charge is 2.31. The topological polar surface area (TPSA) is 70.1 Å². The molecule has 0 bridgehead atoms. The number of ether oxygens (including phenoxy) is 1. The summed E-state index contributed by atoms with van der Waals surface area (Å²) in [4.78, 5) is 26.8. The molecule has 6 nitrogen and oxygen atoms in total. The first-order valence-electron chi connectivity index (χ1n) is 6.51. The number of carboxylic acid groups (broad SMARTS) is 1. The molecule has 2 fully saturated rings. The Morgan fingerprint density at radius 3 is 2.47 bits per heavy atom. The molecular formula is C12H21ClN2O4. The van der Waals surface area contributed by atoms with E-state index in [4.69, 9.17) is 9.84 Å². The number of aliphatic carboxylic acids is 1. The van der Waals surface area contributed by atoms with Gasteiger partial charge in [-0.15, -0.1) is 12.4 Å². The maximum atomic E-state index is 12.1. The fourth-order valence-corrected chi connectivity index (χ4v) is 2.55. The molecule has 1 N–H and O–H groups in total. The monoisotopic (exact) mass is 292 g/mol. The van der Waals surface area contributed by atoms with Crippen LogP contribution in [-0.4, -0.2) is 72.2 Å². The van der Waals surface area contributed by atoms with Gasteiger partial charge in [-0.3, -0.25) is 14.5 Å². The van der Waals surface area contributed by atoms with Gasteiger partial charge in [-0.2, -0.15) is 0 Å². The molecule has 0 aromatic carbocycles. The minimum Gasteiger partial charge on any atom is -0.480 e. The first-order chi connectivity index (χ1) is 8.68. The Labute approximate surface area is 119 Å². The molecule has 2 rings (SSSR count). The van der Waals surface area contributed by atoms with Crippen LogP contribution in [0.15, 0.2) is 0 Å². The van der Waals surface area contributed by atoms with Gasteiger partial charge in [-0.1, -0.05) is 6.42 Å². The number of piperidine rings is 1. The predicted octanol–water partition coefficient (Wildman–Crippen LogP) is 0.206. The molecular weight excluding hydrogens is 272 g/mol. The Kier molecular flexibility index (Phi) is 6.54. The van der Waals surface area contributed by atoms with Gasteiger partial charge < -0.3 is 14.7 Å². The number of rotatable bonds is 3. The fraction of sp³-hybridized carbons (Fsp3) is 0.833. The summed E-state index contributed by atoms with van der Waals surface area (Å²) < 4.78 is 5.20. The molecule has 0 aliphatic carbocycles. The highest BCUT2D eigenvalue weighted by molar-refractivity contribution is 5.85. The minimum absolute atomic E-state index is 0. The first-order valence-corrected chi connectivity index (χ1v) is 6.51. The summed E-state index contributed by atoms with van der Waals surface area (Å²) in [6.07, 6.45) is 2.55. The summed E-state index contributed by atoms with van der Waals surface area (Å²) in [5.41, 5.74) is 0. The Morgan fingerprint density at radius 1 is 1.16 bits per heavy atom. The van der Waals surface area contributed by atoms with E-state index in [1.165, 1.54) is 0 Å². The summed E-state index contributed by atoms with van der Waals surface area (Å²) >= 11 is 0. The molecule has 0 radical (unpaired) electrons. The summed E-state index contributed by atoms with van der Waals surface area (Å²) in [6.45, 7) is 3.31. The van der Waals surface area contributed by atoms with Crippen molar-refractivity contribution in [3.63, 3.8) is 0 Å². The SMILES string of the molecule is Cl.O=C(O)C1CCCCN1CC(=O)N1CCOCC1. The zero-order valence-corrected chi connectivity index (χ0v) is 11.7. The van der Waals surface area contributed by atoms with Gasteiger partial charge in [-0.05, 0) is 19.4 Å². The van der Waals surface area contributed by atoms with Crippen LogP contribution in [0.1, 0.15) is 19.3 Å². The molecule has 1 unspecified atom stereocenters. The van der Waals surface area contributed by atoms with Crippen LogP contribution in [0.4, 0.5) is 0 Å². The number of morpholine rings is 1. The number of nitrogens with zero attached hydrogens (tertiary/aromatic N) is 2. The molecule has 110 valence electrons. The van der Waals surface area contributed by atoms with Gasteiger partial charge in [0.2, 0.25) is 5.91 Å². The largest absolute Gasteiger partial charge is 0.480 e. The van der Waals surface area contributed by atoms with Crippen molar-refractivity contribution in [3.8, 4) is 0 Å². The normalized spacial score (nSPS) is 24.6. The smallest absolute Gasteiger partial charge is 0.320 e. The van der Waals surface area contributed by atoms with E-state index in [9.17, 15) is 9.59 Å². The lowest BCUT2D eigenvalue weighted by Crippen LogP contribution is -2.51. The lowest BCUT2D eigenvalue weighted by molar-refractivity contribution is -0.147. The summed E-state index contributed by atoms with van der Waals surface area (Å²) in [7, 11) is 0. The number of halogens is 1. The average Bonchev–Trinajstić information content (AvgIpc) is 2.40. The second-order valence-electron chi connectivity index (χ2n) is 4.81. The molecule has 0 aromatic heterocycles. The Morgan fingerprint density at radius 2 is 1.84 bits per heavy atom. The Bertz CT molecular complexity index is 321. The van der Waals surface area contributed by atoms with E-state index in [-0.39, 0.29) is 24.9 Å². The number of likely N-dealkylation sites (tertiary alicyclic amines) is 1. The van der Waals surface area contributed by atoms with Crippen molar-refractivity contribution >= 4 is 24.3 Å². The van der Waals surface area contributed by atoms with Crippen molar-refractivity contribution < 1.29 is 19.4 Å². The van der Waals surface area contributed by atoms with E-state index >= 15 is 0 Å². The average molecular weight is 293 g/mol. The van der Waals surface area contributed by atoms with Gasteiger partial charge in [0.05, 0.1) is 19.8 Å². The zero-order chi connectivity index (χ0) is 13.0. The van der Waals surface area contributed by atoms with Gasteiger partial charge >= 0.3 is 5.97 Å². The number of amides is 1. The molecule has 2 heterocycles. The van der Waals surface area contributed by atoms with Crippen LogP contribution >= 0.6 is 12.4 Å². The lowest BCUT2D eigenvalue weighted by Gasteiger charge is -2.35. The number of hydrogen-bond acceptors (Lipinski definition) is 4. The summed E-state index contributed by atoms with van der Waals surface area (Å²) in [5.74, 6) is -0.795. The van der Waals surface area contributed by atoms with Crippen molar-refractivity contribution in [1.82, 2.24) is 9.80 Å². The summed E-state index contributed by atoms with van der Waals surface area (Å²) in [6, 6.07) is -0.497. The van der Waals surface area contributed by atoms with Crippen molar-refractivity contribution in [1.29, 1.82) is 0 Å². The van der Waals surface area contributed by atoms with Gasteiger partial charge in [0.15, 0.2) is 0 Å². The van der Waals surface area contributed by atoms with Gasteiger partial charge in [-0.25, -0.2) is 0 Å². The first kappa shape index (κ1) is 16.2. The van der Waals surface area contributed by atoms with Crippen molar-refractivity contribution in [2.24, 2.45) is 0 Å². The number of carbonyl (C=O) groups excluding carboxylic acids is 1. The second-order valence-corrected chi connectivity index (χ2v) is 4.81. The van der Waals surface area contributed by atoms with Crippen LogP contribution in [-0.2, 0) is 14.3 Å². The van der Waals surface area contributed by atoms with Crippen molar-refractivity contribution in [2.45, 2.75) is 25.3 Å². The second kappa shape index (κ2) is 7.67. The molecule has 2 aliphatic rings. The fourth-order valence-electron chi connectivity index (χ4n) is 2.55. The van der Waals surface area contributed by atoms with E-state index in [1.807, 2.05) is 0 Å². The van der Waals surface area contributed by atoms with E-state index < -0.39 is 12.0 Å². The molecule has 7 heteroatoms. The van der Waals surface area contributed by atoms with Crippen LogP contribution in [0.3, 0.4) is 0 Å². The molecule has 1 amide bonds. The van der Waals surface area contributed by atoms with Gasteiger partial charge in [0, 0.05) is 13.1 Å². The molecule has 2 saturated heterocycles. The predicted molar refractivity (Wildman–Crippen MR) is 71.5 cm³/mol. The minimum atomic E-state index is -0.815. The van der Waals surface area contributed by atoms with Crippen molar-refractivity contribution in [2.75, 3.05) is 39.4 Å². The van der Waals surface area contributed by atoms with Crippen LogP contribution in [0.5, 0.6) is 0 Å². The Hall–Kier alpha value is -0.850. The third-order valence-electron chi connectivity index (χ3n) is 3.60. The molecule has 1 atom stereocenters. The van der Waals surface area contributed by atoms with Crippen LogP contribution in [0, 0.1) is 0 Å². The van der Waals surface area contributed by atoms with E-state index in [1.54, 1.807) is 9.80 Å². The van der Waals surface area contributed by atoms with Crippen LogP contribution in [0.25, 0.3) is 0 Å².